The van der Waals surface area contributed by atoms with Gasteiger partial charge in [0.1, 0.15) is 12.1 Å². The first-order valence-electron chi connectivity index (χ1n) is 16.0. The lowest BCUT2D eigenvalue weighted by Crippen LogP contribution is -2.74. The van der Waals surface area contributed by atoms with Crippen LogP contribution in [0, 0.1) is 22.7 Å². The smallest absolute Gasteiger partial charge is 0.179 e. The molecular formula is C44H29N3Si. The van der Waals surface area contributed by atoms with Gasteiger partial charge >= 0.3 is 0 Å². The van der Waals surface area contributed by atoms with Crippen LogP contribution in [0.5, 0.6) is 0 Å². The Morgan fingerprint density at radius 2 is 0.875 bits per heavy atom. The number of nitriles is 2. The summed E-state index contributed by atoms with van der Waals surface area (Å²) in [5.41, 5.74) is 5.54. The molecule has 0 N–H and O–H groups in total. The Bertz CT molecular complexity index is 2370. The number of rotatable bonds is 6. The summed E-state index contributed by atoms with van der Waals surface area (Å²) in [5, 5.41) is 28.4. The predicted molar refractivity (Wildman–Crippen MR) is 199 cm³/mol. The average molecular weight is 628 g/mol. The normalized spacial score (nSPS) is 11.3. The van der Waals surface area contributed by atoms with Crippen LogP contribution < -0.4 is 20.7 Å². The Morgan fingerprint density at radius 3 is 1.38 bits per heavy atom. The Balaban J connectivity index is 1.50. The first kappa shape index (κ1) is 29.0. The molecule has 1 aromatic heterocycles. The van der Waals surface area contributed by atoms with E-state index in [1.54, 1.807) is 0 Å². The topological polar surface area (TPSA) is 52.5 Å². The monoisotopic (exact) mass is 627 g/mol. The predicted octanol–water partition coefficient (Wildman–Crippen LogP) is 7.57. The van der Waals surface area contributed by atoms with E-state index in [1.807, 2.05) is 36.4 Å². The fraction of sp³-hybridized carbons (Fsp3) is 0. The van der Waals surface area contributed by atoms with Gasteiger partial charge in [0.05, 0.1) is 27.8 Å². The molecular weight excluding hydrogens is 599 g/mol. The van der Waals surface area contributed by atoms with Gasteiger partial charge in [-0.2, -0.15) is 10.5 Å². The van der Waals surface area contributed by atoms with E-state index in [0.29, 0.717) is 11.1 Å². The summed E-state index contributed by atoms with van der Waals surface area (Å²) < 4.78 is 2.29. The molecule has 0 saturated heterocycles. The summed E-state index contributed by atoms with van der Waals surface area (Å²) in [6.07, 6.45) is 0. The Hall–Kier alpha value is -6.46. The van der Waals surface area contributed by atoms with Crippen LogP contribution in [0.1, 0.15) is 11.1 Å². The summed E-state index contributed by atoms with van der Waals surface area (Å²) >= 11 is 0. The van der Waals surface area contributed by atoms with Crippen molar-refractivity contribution < 1.29 is 0 Å². The highest BCUT2D eigenvalue weighted by Crippen LogP contribution is 2.37. The number of aromatic nitrogens is 1. The molecule has 0 unspecified atom stereocenters. The lowest BCUT2D eigenvalue weighted by atomic mass is 9.95. The lowest BCUT2D eigenvalue weighted by Gasteiger charge is -2.35. The van der Waals surface area contributed by atoms with Crippen molar-refractivity contribution in [3.05, 3.63) is 187 Å². The van der Waals surface area contributed by atoms with E-state index in [4.69, 9.17) is 0 Å². The molecule has 3 nitrogen and oxygen atoms in total. The molecule has 0 radical (unpaired) electrons. The number of fused-ring (bicyclic) bond motifs is 3. The average Bonchev–Trinajstić information content (AvgIpc) is 3.50. The molecule has 224 valence electrons. The van der Waals surface area contributed by atoms with E-state index >= 15 is 0 Å². The highest BCUT2D eigenvalue weighted by molar-refractivity contribution is 7.20. The third-order valence-electron chi connectivity index (χ3n) is 9.44. The van der Waals surface area contributed by atoms with Gasteiger partial charge in [0.25, 0.3) is 0 Å². The molecule has 0 aliphatic heterocycles. The van der Waals surface area contributed by atoms with Crippen molar-refractivity contribution in [2.45, 2.75) is 0 Å². The molecule has 7 aromatic carbocycles. The van der Waals surface area contributed by atoms with E-state index in [9.17, 15) is 10.5 Å². The molecule has 48 heavy (non-hydrogen) atoms. The molecule has 0 fully saturated rings. The van der Waals surface area contributed by atoms with Gasteiger partial charge in [-0.15, -0.1) is 0 Å². The van der Waals surface area contributed by atoms with Crippen molar-refractivity contribution in [2.24, 2.45) is 0 Å². The third kappa shape index (κ3) is 4.48. The van der Waals surface area contributed by atoms with Gasteiger partial charge in [0.15, 0.2) is 8.07 Å². The zero-order valence-corrected chi connectivity index (χ0v) is 27.1. The van der Waals surface area contributed by atoms with Crippen molar-refractivity contribution in [1.29, 1.82) is 10.5 Å². The fourth-order valence-corrected chi connectivity index (χ4v) is 12.2. The standard InChI is InChI=1S/C44H29N3Si/c45-30-32-28-36(48(33-16-4-1-5-17-33,34-18-6-2-7-19-34)35-20-8-3-9-21-35)29-40(41(32)31-46)39-24-12-15-27-44(39)47-42-25-13-10-22-37(42)38-23-11-14-26-43(38)47/h1-29H. The summed E-state index contributed by atoms with van der Waals surface area (Å²) in [4.78, 5) is 0. The van der Waals surface area contributed by atoms with Crippen molar-refractivity contribution in [2.75, 3.05) is 0 Å². The fourth-order valence-electron chi connectivity index (χ4n) is 7.42. The highest BCUT2D eigenvalue weighted by Gasteiger charge is 2.42. The largest absolute Gasteiger partial charge is 0.309 e. The van der Waals surface area contributed by atoms with Crippen molar-refractivity contribution in [3.63, 3.8) is 0 Å². The summed E-state index contributed by atoms with van der Waals surface area (Å²) in [6.45, 7) is 0. The molecule has 8 aromatic rings. The number of hydrogen-bond donors (Lipinski definition) is 0. The Labute approximate surface area is 280 Å². The van der Waals surface area contributed by atoms with E-state index in [1.165, 1.54) is 26.3 Å². The summed E-state index contributed by atoms with van der Waals surface area (Å²) in [7, 11) is -2.99. The molecule has 4 heteroatoms. The summed E-state index contributed by atoms with van der Waals surface area (Å²) in [6, 6.07) is 66.1. The maximum Gasteiger partial charge on any atom is 0.179 e. The van der Waals surface area contributed by atoms with Crippen LogP contribution in [-0.4, -0.2) is 12.6 Å². The van der Waals surface area contributed by atoms with Crippen LogP contribution in [-0.2, 0) is 0 Å². The molecule has 0 aliphatic rings. The number of benzene rings is 7. The van der Waals surface area contributed by atoms with Crippen molar-refractivity contribution in [1.82, 2.24) is 4.57 Å². The van der Waals surface area contributed by atoms with E-state index in [0.717, 1.165) is 33.0 Å². The molecule has 8 rings (SSSR count). The van der Waals surface area contributed by atoms with Crippen LogP contribution in [0.15, 0.2) is 176 Å². The zero-order chi connectivity index (χ0) is 32.5. The Kier molecular flexibility index (Phi) is 7.27. The van der Waals surface area contributed by atoms with Crippen LogP contribution in [0.4, 0.5) is 0 Å². The van der Waals surface area contributed by atoms with Gasteiger partial charge in [-0.3, -0.25) is 0 Å². The van der Waals surface area contributed by atoms with Gasteiger partial charge in [-0.1, -0.05) is 152 Å². The maximum atomic E-state index is 10.7. The van der Waals surface area contributed by atoms with Crippen LogP contribution in [0.2, 0.25) is 0 Å². The maximum absolute atomic E-state index is 10.7. The minimum atomic E-state index is -2.99. The number of para-hydroxylation sites is 3. The van der Waals surface area contributed by atoms with E-state index < -0.39 is 8.07 Å². The van der Waals surface area contributed by atoms with Crippen LogP contribution >= 0.6 is 0 Å². The zero-order valence-electron chi connectivity index (χ0n) is 26.1. The van der Waals surface area contributed by atoms with Gasteiger partial charge in [0.2, 0.25) is 0 Å². The van der Waals surface area contributed by atoms with Crippen molar-refractivity contribution in [3.8, 4) is 29.0 Å². The first-order chi connectivity index (χ1) is 23.8. The molecule has 0 aliphatic carbocycles. The highest BCUT2D eigenvalue weighted by atomic mass is 28.3. The SMILES string of the molecule is N#Cc1cc([Si](c2ccccc2)(c2ccccc2)c2ccccc2)cc(-c2ccccc2-n2c3ccccc3c3ccccc32)c1C#N. The van der Waals surface area contributed by atoms with Gasteiger partial charge in [-0.25, -0.2) is 0 Å². The van der Waals surface area contributed by atoms with Gasteiger partial charge in [-0.05, 0) is 45.0 Å². The number of hydrogen-bond acceptors (Lipinski definition) is 2. The Morgan fingerprint density at radius 1 is 0.417 bits per heavy atom. The second-order valence-corrected chi connectivity index (χ2v) is 15.7. The molecule has 1 heterocycles. The van der Waals surface area contributed by atoms with Gasteiger partial charge < -0.3 is 4.57 Å². The van der Waals surface area contributed by atoms with Crippen LogP contribution in [0.25, 0.3) is 38.6 Å². The van der Waals surface area contributed by atoms with Crippen LogP contribution in [0.3, 0.4) is 0 Å². The minimum Gasteiger partial charge on any atom is -0.309 e. The molecule has 0 amide bonds. The first-order valence-corrected chi connectivity index (χ1v) is 18.0. The lowest BCUT2D eigenvalue weighted by molar-refractivity contribution is 1.18. The molecule has 0 bridgehead atoms. The second kappa shape index (κ2) is 12.0. The van der Waals surface area contributed by atoms with Gasteiger partial charge in [0, 0.05) is 21.9 Å². The second-order valence-electron chi connectivity index (χ2n) is 11.9. The van der Waals surface area contributed by atoms with E-state index in [2.05, 4.69) is 156 Å². The summed E-state index contributed by atoms with van der Waals surface area (Å²) in [5.74, 6) is 0. The van der Waals surface area contributed by atoms with Crippen molar-refractivity contribution >= 4 is 50.6 Å². The minimum absolute atomic E-state index is 0.377. The third-order valence-corrected chi connectivity index (χ3v) is 14.2. The quantitative estimate of drug-likeness (QED) is 0.141. The molecule has 0 saturated carbocycles. The molecule has 0 atom stereocenters. The van der Waals surface area contributed by atoms with E-state index in [-0.39, 0.29) is 0 Å². The number of nitrogens with zero attached hydrogens (tertiary/aromatic N) is 3. The molecule has 0 spiro atoms.